The Labute approximate surface area is 208 Å². The number of benzene rings is 2. The predicted octanol–water partition coefficient (Wildman–Crippen LogP) is 4.24. The van der Waals surface area contributed by atoms with Crippen LogP contribution in [0.25, 0.3) is 10.2 Å². The molecule has 0 unspecified atom stereocenters. The largest absolute Gasteiger partial charge is 0.282 e. The summed E-state index contributed by atoms with van der Waals surface area (Å²) in [5, 5.41) is 4.85. The molecule has 2 heterocycles. The SMILES string of the molecule is Cc1cc(C)c2nc(N(CCn3cccn3)C(=O)c3ccc(S(=O)(=O)N(C)C4CC4)cc3)sc2c1. The van der Waals surface area contributed by atoms with Crippen LogP contribution in [0.5, 0.6) is 0 Å². The summed E-state index contributed by atoms with van der Waals surface area (Å²) in [6, 6.07) is 12.3. The average Bonchev–Trinajstić information content (AvgIpc) is 3.38. The van der Waals surface area contributed by atoms with Gasteiger partial charge in [0.25, 0.3) is 5.91 Å². The van der Waals surface area contributed by atoms with Crippen LogP contribution in [0.15, 0.2) is 59.8 Å². The fourth-order valence-electron chi connectivity index (χ4n) is 4.12. The lowest BCUT2D eigenvalue weighted by Gasteiger charge is -2.20. The lowest BCUT2D eigenvalue weighted by atomic mass is 10.1. The van der Waals surface area contributed by atoms with Crippen molar-refractivity contribution in [1.29, 1.82) is 0 Å². The highest BCUT2D eigenvalue weighted by Crippen LogP contribution is 2.33. The van der Waals surface area contributed by atoms with Crippen LogP contribution in [0.3, 0.4) is 0 Å². The fourth-order valence-corrected chi connectivity index (χ4v) is 6.70. The molecule has 1 fully saturated rings. The third-order valence-electron chi connectivity index (χ3n) is 6.25. The van der Waals surface area contributed by atoms with Crippen LogP contribution in [0.1, 0.15) is 34.3 Å². The molecule has 1 amide bonds. The van der Waals surface area contributed by atoms with Gasteiger partial charge < -0.3 is 0 Å². The van der Waals surface area contributed by atoms with Crippen LogP contribution in [0.4, 0.5) is 5.13 Å². The van der Waals surface area contributed by atoms with E-state index in [1.807, 2.05) is 26.1 Å². The van der Waals surface area contributed by atoms with E-state index in [-0.39, 0.29) is 16.8 Å². The Hall–Kier alpha value is -3.08. The number of aryl methyl sites for hydroxylation is 2. The maximum atomic E-state index is 13.6. The summed E-state index contributed by atoms with van der Waals surface area (Å²) < 4.78 is 29.9. The summed E-state index contributed by atoms with van der Waals surface area (Å²) in [6.07, 6.45) is 5.33. The quantitative estimate of drug-likeness (QED) is 0.355. The third kappa shape index (κ3) is 4.73. The van der Waals surface area contributed by atoms with E-state index < -0.39 is 10.0 Å². The lowest BCUT2D eigenvalue weighted by Crippen LogP contribution is -2.34. The summed E-state index contributed by atoms with van der Waals surface area (Å²) in [6.45, 7) is 4.95. The number of nitrogens with zero attached hydrogens (tertiary/aromatic N) is 5. The molecular weight excluding hydrogens is 482 g/mol. The van der Waals surface area contributed by atoms with Crippen molar-refractivity contribution in [2.45, 2.75) is 44.2 Å². The lowest BCUT2D eigenvalue weighted by molar-refractivity contribution is 0.0985. The van der Waals surface area contributed by atoms with Gasteiger partial charge in [0.05, 0.1) is 21.7 Å². The Morgan fingerprint density at radius 2 is 1.91 bits per heavy atom. The number of thiazole rings is 1. The maximum Gasteiger partial charge on any atom is 0.260 e. The highest BCUT2D eigenvalue weighted by atomic mass is 32.2. The Balaban J connectivity index is 1.46. The topological polar surface area (TPSA) is 88.4 Å². The summed E-state index contributed by atoms with van der Waals surface area (Å²) in [4.78, 5) is 20.3. The Morgan fingerprint density at radius 1 is 1.17 bits per heavy atom. The summed E-state index contributed by atoms with van der Waals surface area (Å²) in [5.74, 6) is -0.231. The second-order valence-corrected chi connectivity index (χ2v) is 11.9. The molecule has 0 N–H and O–H groups in total. The van der Waals surface area contributed by atoms with Crippen LogP contribution in [-0.2, 0) is 16.6 Å². The monoisotopic (exact) mass is 509 g/mol. The molecule has 4 aromatic rings. The van der Waals surface area contributed by atoms with Gasteiger partial charge in [-0.1, -0.05) is 17.4 Å². The molecule has 8 nitrogen and oxygen atoms in total. The van der Waals surface area contributed by atoms with Gasteiger partial charge >= 0.3 is 0 Å². The van der Waals surface area contributed by atoms with Crippen molar-refractivity contribution < 1.29 is 13.2 Å². The molecule has 1 saturated carbocycles. The number of rotatable bonds is 8. The van der Waals surface area contributed by atoms with Crippen LogP contribution < -0.4 is 4.90 Å². The van der Waals surface area contributed by atoms with Gasteiger partial charge in [-0.25, -0.2) is 13.4 Å². The molecule has 0 radical (unpaired) electrons. The predicted molar refractivity (Wildman–Crippen MR) is 137 cm³/mol. The van der Waals surface area contributed by atoms with E-state index in [0.717, 1.165) is 34.2 Å². The van der Waals surface area contributed by atoms with Crippen LogP contribution in [0, 0.1) is 13.8 Å². The molecule has 0 atom stereocenters. The third-order valence-corrected chi connectivity index (χ3v) is 9.20. The molecule has 10 heteroatoms. The van der Waals surface area contributed by atoms with Gasteiger partial charge in [0.1, 0.15) is 0 Å². The Bertz CT molecular complexity index is 1470. The molecule has 0 bridgehead atoms. The van der Waals surface area contributed by atoms with Gasteiger partial charge in [0.15, 0.2) is 5.13 Å². The van der Waals surface area contributed by atoms with Crippen molar-refractivity contribution in [1.82, 2.24) is 19.1 Å². The molecule has 35 heavy (non-hydrogen) atoms. The molecule has 182 valence electrons. The minimum Gasteiger partial charge on any atom is -0.282 e. The van der Waals surface area contributed by atoms with Gasteiger partial charge in [-0.3, -0.25) is 14.4 Å². The first-order valence-electron chi connectivity index (χ1n) is 11.5. The molecule has 0 saturated heterocycles. The number of fused-ring (bicyclic) bond motifs is 1. The number of anilines is 1. The number of aromatic nitrogens is 3. The zero-order valence-corrected chi connectivity index (χ0v) is 21.5. The maximum absolute atomic E-state index is 13.6. The highest BCUT2D eigenvalue weighted by molar-refractivity contribution is 7.89. The zero-order valence-electron chi connectivity index (χ0n) is 19.9. The van der Waals surface area contributed by atoms with E-state index in [0.29, 0.717) is 23.8 Å². The first-order chi connectivity index (χ1) is 16.7. The number of hydrogen-bond acceptors (Lipinski definition) is 6. The van der Waals surface area contributed by atoms with Crippen LogP contribution in [0.2, 0.25) is 0 Å². The molecule has 1 aliphatic rings. The second kappa shape index (κ2) is 9.18. The zero-order chi connectivity index (χ0) is 24.7. The number of carbonyl (C=O) groups excluding carboxylic acids is 1. The smallest absolute Gasteiger partial charge is 0.260 e. The van der Waals surface area contributed by atoms with E-state index in [9.17, 15) is 13.2 Å². The van der Waals surface area contributed by atoms with E-state index >= 15 is 0 Å². The van der Waals surface area contributed by atoms with Gasteiger partial charge in [-0.05, 0) is 74.2 Å². The van der Waals surface area contributed by atoms with Gasteiger partial charge in [-0.2, -0.15) is 9.40 Å². The average molecular weight is 510 g/mol. The van der Waals surface area contributed by atoms with Crippen LogP contribution in [-0.4, -0.2) is 53.0 Å². The number of carbonyl (C=O) groups is 1. The van der Waals surface area contributed by atoms with Crippen molar-refractivity contribution >= 4 is 42.6 Å². The number of sulfonamides is 1. The van der Waals surface area contributed by atoms with Crippen molar-refractivity contribution in [3.05, 3.63) is 71.5 Å². The van der Waals surface area contributed by atoms with E-state index in [2.05, 4.69) is 17.2 Å². The van der Waals surface area contributed by atoms with E-state index in [1.54, 1.807) is 35.0 Å². The minimum atomic E-state index is -3.57. The van der Waals surface area contributed by atoms with Crippen molar-refractivity contribution in [2.75, 3.05) is 18.5 Å². The van der Waals surface area contributed by atoms with Crippen molar-refractivity contribution in [3.63, 3.8) is 0 Å². The fraction of sp³-hybridized carbons (Fsp3) is 0.320. The molecule has 5 rings (SSSR count). The van der Waals surface area contributed by atoms with E-state index in [1.165, 1.54) is 27.8 Å². The molecule has 0 spiro atoms. The molecule has 2 aromatic heterocycles. The normalized spacial score (nSPS) is 14.1. The summed E-state index contributed by atoms with van der Waals surface area (Å²) in [7, 11) is -1.96. The summed E-state index contributed by atoms with van der Waals surface area (Å²) in [5.41, 5.74) is 3.51. The molecule has 0 aliphatic heterocycles. The number of hydrogen-bond donors (Lipinski definition) is 0. The Kier molecular flexibility index (Phi) is 6.20. The van der Waals surface area contributed by atoms with Crippen LogP contribution >= 0.6 is 11.3 Å². The molecule has 1 aliphatic carbocycles. The van der Waals surface area contributed by atoms with Gasteiger partial charge in [0.2, 0.25) is 10.0 Å². The first kappa shape index (κ1) is 23.7. The summed E-state index contributed by atoms with van der Waals surface area (Å²) >= 11 is 1.48. The first-order valence-corrected chi connectivity index (χ1v) is 13.7. The van der Waals surface area contributed by atoms with Gasteiger partial charge in [0, 0.05) is 37.6 Å². The second-order valence-electron chi connectivity index (χ2n) is 8.93. The van der Waals surface area contributed by atoms with E-state index in [4.69, 9.17) is 4.98 Å². The highest BCUT2D eigenvalue weighted by Gasteiger charge is 2.35. The van der Waals surface area contributed by atoms with Crippen molar-refractivity contribution in [3.8, 4) is 0 Å². The number of amides is 1. The standard InChI is InChI=1S/C25H27N5O3S2/c1-17-15-18(2)23-22(16-17)34-25(27-23)30(14-13-29-12-4-11-26-29)24(31)19-5-9-21(10-6-19)35(32,33)28(3)20-7-8-20/h4-6,9-12,15-16,20H,7-8,13-14H2,1-3H3. The minimum absolute atomic E-state index is 0.0743. The molecular formula is C25H27N5O3S2. The van der Waals surface area contributed by atoms with Gasteiger partial charge in [-0.15, -0.1) is 0 Å². The Morgan fingerprint density at radius 3 is 2.57 bits per heavy atom. The van der Waals surface area contributed by atoms with Crippen molar-refractivity contribution in [2.24, 2.45) is 0 Å². The molecule has 2 aromatic carbocycles.